The van der Waals surface area contributed by atoms with Gasteiger partial charge in [0.05, 0.1) is 13.2 Å². The normalized spacial score (nSPS) is 13.9. The van der Waals surface area contributed by atoms with Crippen LogP contribution in [-0.4, -0.2) is 38.3 Å². The summed E-state index contributed by atoms with van der Waals surface area (Å²) in [5.74, 6) is -0.0674. The van der Waals surface area contributed by atoms with Gasteiger partial charge in [-0.3, -0.25) is 4.79 Å². The maximum absolute atomic E-state index is 11.3. The first-order valence-corrected chi connectivity index (χ1v) is 6.19. The van der Waals surface area contributed by atoms with Crippen LogP contribution in [0.25, 0.3) is 0 Å². The van der Waals surface area contributed by atoms with Crippen LogP contribution in [-0.2, 0) is 4.79 Å². The van der Waals surface area contributed by atoms with E-state index in [4.69, 9.17) is 4.74 Å². The molecule has 0 heterocycles. The van der Waals surface area contributed by atoms with Gasteiger partial charge in [0.2, 0.25) is 0 Å². The SMILES string of the molecule is CNC(C(=O)O)C(NC)c1ccc(OC)c(C)c1C. The van der Waals surface area contributed by atoms with E-state index in [1.807, 2.05) is 26.0 Å². The average molecular weight is 266 g/mol. The number of aliphatic carboxylic acids is 1. The number of benzene rings is 1. The Hall–Kier alpha value is -1.59. The van der Waals surface area contributed by atoms with Crippen LogP contribution in [0.4, 0.5) is 0 Å². The highest BCUT2D eigenvalue weighted by molar-refractivity contribution is 5.75. The number of carboxylic acid groups (broad SMARTS) is 1. The highest BCUT2D eigenvalue weighted by Gasteiger charge is 2.28. The van der Waals surface area contributed by atoms with Crippen molar-refractivity contribution in [3.63, 3.8) is 0 Å². The molecule has 0 saturated carbocycles. The van der Waals surface area contributed by atoms with Crippen LogP contribution in [0, 0.1) is 13.8 Å². The van der Waals surface area contributed by atoms with Crippen molar-refractivity contribution >= 4 is 5.97 Å². The second-order valence-electron chi connectivity index (χ2n) is 4.48. The van der Waals surface area contributed by atoms with Crippen LogP contribution in [0.15, 0.2) is 12.1 Å². The summed E-state index contributed by atoms with van der Waals surface area (Å²) < 4.78 is 5.28. The molecule has 5 nitrogen and oxygen atoms in total. The summed E-state index contributed by atoms with van der Waals surface area (Å²) in [6.07, 6.45) is 0. The summed E-state index contributed by atoms with van der Waals surface area (Å²) in [4.78, 5) is 11.3. The summed E-state index contributed by atoms with van der Waals surface area (Å²) >= 11 is 0. The number of carboxylic acids is 1. The predicted octanol–water partition coefficient (Wildman–Crippen LogP) is 1.25. The molecule has 0 fully saturated rings. The Labute approximate surface area is 114 Å². The highest BCUT2D eigenvalue weighted by Crippen LogP contribution is 2.29. The predicted molar refractivity (Wildman–Crippen MR) is 74.8 cm³/mol. The lowest BCUT2D eigenvalue weighted by atomic mass is 9.92. The topological polar surface area (TPSA) is 70.6 Å². The first-order valence-electron chi connectivity index (χ1n) is 6.19. The molecular weight excluding hydrogens is 244 g/mol. The van der Waals surface area contributed by atoms with Crippen molar-refractivity contribution in [2.75, 3.05) is 21.2 Å². The third kappa shape index (κ3) is 3.05. The van der Waals surface area contributed by atoms with Crippen molar-refractivity contribution < 1.29 is 14.6 Å². The number of methoxy groups -OCH3 is 1. The molecule has 0 saturated heterocycles. The van der Waals surface area contributed by atoms with E-state index in [2.05, 4.69) is 10.6 Å². The Kier molecular flexibility index (Phi) is 5.32. The number of likely N-dealkylation sites (N-methyl/N-ethyl adjacent to an activating group) is 2. The Balaban J connectivity index is 3.26. The maximum atomic E-state index is 11.3. The van der Waals surface area contributed by atoms with Gasteiger partial charge in [0.15, 0.2) is 0 Å². The molecule has 106 valence electrons. The van der Waals surface area contributed by atoms with E-state index < -0.39 is 12.0 Å². The van der Waals surface area contributed by atoms with Crippen molar-refractivity contribution in [3.8, 4) is 5.75 Å². The molecular formula is C14H22N2O3. The monoisotopic (exact) mass is 266 g/mol. The number of hydrogen-bond donors (Lipinski definition) is 3. The maximum Gasteiger partial charge on any atom is 0.322 e. The number of nitrogens with one attached hydrogen (secondary N) is 2. The van der Waals surface area contributed by atoms with Gasteiger partial charge in [-0.1, -0.05) is 6.07 Å². The third-order valence-corrected chi connectivity index (χ3v) is 3.56. The Bertz CT molecular complexity index is 460. The van der Waals surface area contributed by atoms with E-state index in [0.29, 0.717) is 0 Å². The third-order valence-electron chi connectivity index (χ3n) is 3.56. The Morgan fingerprint density at radius 2 is 1.84 bits per heavy atom. The van der Waals surface area contributed by atoms with E-state index in [0.717, 1.165) is 22.4 Å². The lowest BCUT2D eigenvalue weighted by Crippen LogP contribution is -2.44. The van der Waals surface area contributed by atoms with Crippen LogP contribution in [0.2, 0.25) is 0 Å². The molecule has 2 unspecified atom stereocenters. The van der Waals surface area contributed by atoms with Gasteiger partial charge in [0.25, 0.3) is 0 Å². The number of ether oxygens (including phenoxy) is 1. The van der Waals surface area contributed by atoms with E-state index in [9.17, 15) is 9.90 Å². The Morgan fingerprint density at radius 1 is 1.21 bits per heavy atom. The van der Waals surface area contributed by atoms with Gasteiger partial charge in [-0.15, -0.1) is 0 Å². The van der Waals surface area contributed by atoms with E-state index in [1.54, 1.807) is 21.2 Å². The fraction of sp³-hybridized carbons (Fsp3) is 0.500. The minimum atomic E-state index is -0.880. The molecule has 0 aliphatic carbocycles. The molecule has 3 N–H and O–H groups in total. The lowest BCUT2D eigenvalue weighted by Gasteiger charge is -2.26. The average Bonchev–Trinajstić information content (AvgIpc) is 2.39. The molecule has 0 radical (unpaired) electrons. The van der Waals surface area contributed by atoms with Crippen LogP contribution in [0.1, 0.15) is 22.7 Å². The second kappa shape index (κ2) is 6.54. The molecule has 0 aromatic heterocycles. The van der Waals surface area contributed by atoms with Gasteiger partial charge >= 0.3 is 5.97 Å². The summed E-state index contributed by atoms with van der Waals surface area (Å²) in [6, 6.07) is 2.80. The molecule has 1 aromatic carbocycles. The minimum absolute atomic E-state index is 0.299. The van der Waals surface area contributed by atoms with Crippen molar-refractivity contribution in [1.29, 1.82) is 0 Å². The first-order chi connectivity index (χ1) is 8.97. The van der Waals surface area contributed by atoms with E-state index >= 15 is 0 Å². The molecule has 1 rings (SSSR count). The molecule has 0 aliphatic rings. The lowest BCUT2D eigenvalue weighted by molar-refractivity contribution is -0.140. The zero-order valence-corrected chi connectivity index (χ0v) is 12.1. The zero-order chi connectivity index (χ0) is 14.6. The van der Waals surface area contributed by atoms with Gasteiger partial charge in [0, 0.05) is 0 Å². The van der Waals surface area contributed by atoms with Crippen LogP contribution >= 0.6 is 0 Å². The molecule has 2 atom stereocenters. The van der Waals surface area contributed by atoms with Crippen LogP contribution in [0.5, 0.6) is 5.75 Å². The van der Waals surface area contributed by atoms with Crippen molar-refractivity contribution in [1.82, 2.24) is 10.6 Å². The molecule has 0 amide bonds. The fourth-order valence-electron chi connectivity index (χ4n) is 2.31. The van der Waals surface area contributed by atoms with Crippen molar-refractivity contribution in [3.05, 3.63) is 28.8 Å². The van der Waals surface area contributed by atoms with Crippen LogP contribution < -0.4 is 15.4 Å². The summed E-state index contributed by atoms with van der Waals surface area (Å²) in [6.45, 7) is 3.95. The highest BCUT2D eigenvalue weighted by atomic mass is 16.5. The number of rotatable bonds is 6. The summed E-state index contributed by atoms with van der Waals surface area (Å²) in [5.41, 5.74) is 3.03. The Morgan fingerprint density at radius 3 is 2.26 bits per heavy atom. The van der Waals surface area contributed by atoms with Crippen molar-refractivity contribution in [2.24, 2.45) is 0 Å². The van der Waals surface area contributed by atoms with Gasteiger partial charge in [-0.25, -0.2) is 0 Å². The second-order valence-corrected chi connectivity index (χ2v) is 4.48. The molecule has 0 bridgehead atoms. The summed E-state index contributed by atoms with van der Waals surface area (Å²) in [7, 11) is 5.04. The smallest absolute Gasteiger partial charge is 0.322 e. The van der Waals surface area contributed by atoms with Crippen molar-refractivity contribution in [2.45, 2.75) is 25.9 Å². The molecule has 1 aromatic rings. The zero-order valence-electron chi connectivity index (χ0n) is 12.1. The molecule has 5 heteroatoms. The van der Waals surface area contributed by atoms with E-state index in [-0.39, 0.29) is 6.04 Å². The number of hydrogen-bond acceptors (Lipinski definition) is 4. The van der Waals surface area contributed by atoms with Crippen LogP contribution in [0.3, 0.4) is 0 Å². The van der Waals surface area contributed by atoms with Gasteiger partial charge in [-0.2, -0.15) is 0 Å². The molecule has 0 aliphatic heterocycles. The quantitative estimate of drug-likeness (QED) is 0.723. The molecule has 0 spiro atoms. The first kappa shape index (κ1) is 15.5. The van der Waals surface area contributed by atoms with Gasteiger partial charge < -0.3 is 20.5 Å². The van der Waals surface area contributed by atoms with Gasteiger partial charge in [-0.05, 0) is 50.7 Å². The summed E-state index contributed by atoms with van der Waals surface area (Å²) in [5, 5.41) is 15.2. The minimum Gasteiger partial charge on any atom is -0.496 e. The van der Waals surface area contributed by atoms with Gasteiger partial charge in [0.1, 0.15) is 11.8 Å². The standard InChI is InChI=1S/C14H22N2O3/c1-8-9(2)11(19-5)7-6-10(8)12(15-3)13(16-4)14(17)18/h6-7,12-13,15-16H,1-5H3,(H,17,18). The fourth-order valence-corrected chi connectivity index (χ4v) is 2.31. The largest absolute Gasteiger partial charge is 0.496 e. The molecule has 19 heavy (non-hydrogen) atoms. The van der Waals surface area contributed by atoms with E-state index in [1.165, 1.54) is 0 Å². The number of carbonyl (C=O) groups is 1.